The first kappa shape index (κ1) is 25.9. The molecule has 0 amide bonds. The van der Waals surface area contributed by atoms with E-state index in [0.29, 0.717) is 25.4 Å². The lowest BCUT2D eigenvalue weighted by Gasteiger charge is -2.07. The van der Waals surface area contributed by atoms with Gasteiger partial charge in [-0.05, 0) is 55.2 Å². The molecule has 0 saturated carbocycles. The molecule has 1 aromatic heterocycles. The molecule has 9 nitrogen and oxygen atoms in total. The third kappa shape index (κ3) is 10.8. The average molecular weight is 466 g/mol. The number of aliphatic carboxylic acids is 2. The average Bonchev–Trinajstić information content (AvgIpc) is 3.36. The molecule has 0 radical (unpaired) electrons. The number of aromatic nitrogens is 2. The number of benzene rings is 2. The van der Waals surface area contributed by atoms with Crippen molar-refractivity contribution in [2.75, 3.05) is 6.61 Å². The molecule has 3 rings (SSSR count). The maximum absolute atomic E-state index is 9.55. The number of H-pyrrole nitrogens is 1. The normalized spacial score (nSPS) is 10.9. The van der Waals surface area contributed by atoms with E-state index in [0.717, 1.165) is 41.1 Å². The number of aromatic amines is 1. The number of nitrogens with one attached hydrogen (secondary N) is 1. The molecule has 0 atom stereocenters. The lowest BCUT2D eigenvalue weighted by Crippen LogP contribution is -2.01. The van der Waals surface area contributed by atoms with Crippen LogP contribution in [0.2, 0.25) is 0 Å². The Morgan fingerprint density at radius 3 is 2.29 bits per heavy atom. The van der Waals surface area contributed by atoms with Gasteiger partial charge >= 0.3 is 11.9 Å². The number of carboxylic acid groups (broad SMARTS) is 2. The summed E-state index contributed by atoms with van der Waals surface area (Å²) in [5.41, 5.74) is 4.09. The summed E-state index contributed by atoms with van der Waals surface area (Å²) in [6.07, 6.45) is 6.53. The van der Waals surface area contributed by atoms with Crippen LogP contribution >= 0.6 is 0 Å². The van der Waals surface area contributed by atoms with Crippen LogP contribution in [0.3, 0.4) is 0 Å². The van der Waals surface area contributed by atoms with E-state index in [-0.39, 0.29) is 0 Å². The van der Waals surface area contributed by atoms with Crippen molar-refractivity contribution in [1.82, 2.24) is 9.97 Å². The molecule has 3 aromatic rings. The zero-order chi connectivity index (χ0) is 24.6. The molecule has 34 heavy (non-hydrogen) atoms. The van der Waals surface area contributed by atoms with Gasteiger partial charge in [-0.2, -0.15) is 0 Å². The molecule has 2 aromatic carbocycles. The Bertz CT molecular complexity index is 1050. The van der Waals surface area contributed by atoms with Gasteiger partial charge in [-0.3, -0.25) is 0 Å². The van der Waals surface area contributed by atoms with E-state index in [2.05, 4.69) is 15.1 Å². The largest absolute Gasteiger partial charge is 0.494 e. The maximum atomic E-state index is 9.55. The minimum absolute atomic E-state index is 0.468. The Labute approximate surface area is 197 Å². The number of carboxylic acids is 2. The highest BCUT2D eigenvalue weighted by molar-refractivity contribution is 5.98. The molecule has 9 heteroatoms. The van der Waals surface area contributed by atoms with E-state index in [1.807, 2.05) is 67.7 Å². The molecule has 0 fully saturated rings. The van der Waals surface area contributed by atoms with E-state index in [4.69, 9.17) is 19.8 Å². The number of nitrogens with zero attached hydrogens (tertiary/aromatic N) is 2. The van der Waals surface area contributed by atoms with Gasteiger partial charge in [0, 0.05) is 24.0 Å². The van der Waals surface area contributed by atoms with Crippen molar-refractivity contribution in [1.29, 1.82) is 0 Å². The molecule has 3 N–H and O–H groups in total. The number of hydrogen-bond acceptors (Lipinski definition) is 6. The van der Waals surface area contributed by atoms with Gasteiger partial charge in [-0.15, -0.1) is 0 Å². The van der Waals surface area contributed by atoms with Crippen LogP contribution in [0.5, 0.6) is 5.75 Å². The van der Waals surface area contributed by atoms with Gasteiger partial charge in [-0.1, -0.05) is 35.5 Å². The highest BCUT2D eigenvalue weighted by atomic mass is 16.6. The lowest BCUT2D eigenvalue weighted by molar-refractivity contribution is -0.134. The summed E-state index contributed by atoms with van der Waals surface area (Å²) in [5, 5.41) is 19.8. The smallest absolute Gasteiger partial charge is 0.328 e. The molecule has 0 aliphatic carbocycles. The monoisotopic (exact) mass is 465 g/mol. The summed E-state index contributed by atoms with van der Waals surface area (Å²) in [4.78, 5) is 31.6. The van der Waals surface area contributed by atoms with Crippen LogP contribution in [0, 0.1) is 0 Å². The number of ether oxygens (including phenoxy) is 1. The quantitative estimate of drug-likeness (QED) is 0.168. The summed E-state index contributed by atoms with van der Waals surface area (Å²) in [6, 6.07) is 17.9. The van der Waals surface area contributed by atoms with E-state index < -0.39 is 11.9 Å². The molecule has 1 heterocycles. The van der Waals surface area contributed by atoms with Crippen LogP contribution in [0.4, 0.5) is 0 Å². The molecule has 0 unspecified atom stereocenters. The Hall–Kier alpha value is -4.40. The van der Waals surface area contributed by atoms with Crippen molar-refractivity contribution in [3.63, 3.8) is 0 Å². The number of oxime groups is 1. The lowest BCUT2D eigenvalue weighted by atomic mass is 10.1. The number of aryl methyl sites for hydroxylation is 1. The van der Waals surface area contributed by atoms with E-state index in [1.165, 1.54) is 0 Å². The van der Waals surface area contributed by atoms with Gasteiger partial charge in [0.1, 0.15) is 12.4 Å². The second-order valence-corrected chi connectivity index (χ2v) is 7.00. The topological polar surface area (TPSA) is 134 Å². The zero-order valence-corrected chi connectivity index (χ0v) is 18.8. The van der Waals surface area contributed by atoms with Gasteiger partial charge in [-0.25, -0.2) is 14.6 Å². The predicted octanol–water partition coefficient (Wildman–Crippen LogP) is 4.07. The van der Waals surface area contributed by atoms with Gasteiger partial charge in [0.25, 0.3) is 0 Å². The summed E-state index contributed by atoms with van der Waals surface area (Å²) in [6.45, 7) is 3.08. The minimum atomic E-state index is -1.26. The SMILES string of the molecule is C/C(=N\OCc1ccccc1)c1ccc(OCCCc2cnc[nH]2)cc1.O=C(O)/C=C\C(=O)O. The van der Waals surface area contributed by atoms with Crippen molar-refractivity contribution >= 4 is 17.7 Å². The molecular formula is C25H27N3O6. The van der Waals surface area contributed by atoms with E-state index in [1.54, 1.807) is 6.33 Å². The van der Waals surface area contributed by atoms with Gasteiger partial charge < -0.3 is 24.8 Å². The van der Waals surface area contributed by atoms with Crippen LogP contribution in [-0.2, 0) is 27.5 Å². The molecular weight excluding hydrogens is 438 g/mol. The number of carbonyl (C=O) groups is 2. The third-order valence-electron chi connectivity index (χ3n) is 4.33. The fraction of sp³-hybridized carbons (Fsp3) is 0.200. The first-order valence-corrected chi connectivity index (χ1v) is 10.5. The van der Waals surface area contributed by atoms with Crippen molar-refractivity contribution in [2.24, 2.45) is 5.16 Å². The fourth-order valence-electron chi connectivity index (χ4n) is 2.64. The Balaban J connectivity index is 0.000000440. The van der Waals surface area contributed by atoms with Gasteiger partial charge in [0.05, 0.1) is 18.6 Å². The van der Waals surface area contributed by atoms with Crippen molar-refractivity contribution in [3.8, 4) is 5.75 Å². The first-order valence-electron chi connectivity index (χ1n) is 10.5. The van der Waals surface area contributed by atoms with Gasteiger partial charge in [0.2, 0.25) is 0 Å². The standard InChI is InChI=1S/C21H23N3O2.C4H4O4/c1-17(24-26-15-18-6-3-2-4-7-18)19-9-11-21(12-10-19)25-13-5-8-20-14-22-16-23-20;5-3(6)1-2-4(7)8/h2-4,6-7,9-12,14,16H,5,8,13,15H2,1H3,(H,22,23);1-2H,(H,5,6)(H,7,8)/b24-17+;2-1-. The van der Waals surface area contributed by atoms with Crippen LogP contribution in [-0.4, -0.2) is 44.4 Å². The molecule has 0 spiro atoms. The Kier molecular flexibility index (Phi) is 11.1. The highest BCUT2D eigenvalue weighted by Gasteiger charge is 2.01. The number of imidazole rings is 1. The number of rotatable bonds is 11. The second-order valence-electron chi connectivity index (χ2n) is 7.00. The first-order chi connectivity index (χ1) is 16.4. The van der Waals surface area contributed by atoms with Crippen molar-refractivity contribution in [3.05, 3.63) is 96.1 Å². The van der Waals surface area contributed by atoms with Crippen LogP contribution < -0.4 is 4.74 Å². The van der Waals surface area contributed by atoms with Gasteiger partial charge in [0.15, 0.2) is 0 Å². The predicted molar refractivity (Wildman–Crippen MR) is 127 cm³/mol. The van der Waals surface area contributed by atoms with E-state index >= 15 is 0 Å². The molecule has 0 aliphatic heterocycles. The summed E-state index contributed by atoms with van der Waals surface area (Å²) in [7, 11) is 0. The Morgan fingerprint density at radius 2 is 1.71 bits per heavy atom. The second kappa shape index (κ2) is 14.6. The Morgan fingerprint density at radius 1 is 1.03 bits per heavy atom. The summed E-state index contributed by atoms with van der Waals surface area (Å²) in [5.74, 6) is -1.66. The fourth-order valence-corrected chi connectivity index (χ4v) is 2.64. The minimum Gasteiger partial charge on any atom is -0.494 e. The van der Waals surface area contributed by atoms with Crippen LogP contribution in [0.15, 0.2) is 84.4 Å². The molecule has 0 saturated heterocycles. The van der Waals surface area contributed by atoms with Crippen molar-refractivity contribution in [2.45, 2.75) is 26.4 Å². The van der Waals surface area contributed by atoms with E-state index in [9.17, 15) is 9.59 Å². The molecule has 0 aliphatic rings. The summed E-state index contributed by atoms with van der Waals surface area (Å²) >= 11 is 0. The van der Waals surface area contributed by atoms with Crippen LogP contribution in [0.25, 0.3) is 0 Å². The molecule has 0 bridgehead atoms. The molecule has 178 valence electrons. The zero-order valence-electron chi connectivity index (χ0n) is 18.8. The maximum Gasteiger partial charge on any atom is 0.328 e. The van der Waals surface area contributed by atoms with Crippen molar-refractivity contribution < 1.29 is 29.4 Å². The highest BCUT2D eigenvalue weighted by Crippen LogP contribution is 2.14. The third-order valence-corrected chi connectivity index (χ3v) is 4.33. The number of hydrogen-bond donors (Lipinski definition) is 3. The van der Waals surface area contributed by atoms with Crippen LogP contribution in [0.1, 0.15) is 30.2 Å². The summed E-state index contributed by atoms with van der Waals surface area (Å²) < 4.78 is 5.77.